The molecule has 1 aliphatic rings. The minimum absolute atomic E-state index is 0.0265. The number of methoxy groups -OCH3 is 1. The van der Waals surface area contributed by atoms with Gasteiger partial charge in [-0.1, -0.05) is 11.6 Å². The summed E-state index contributed by atoms with van der Waals surface area (Å²) in [6.07, 6.45) is 1.63. The Kier molecular flexibility index (Phi) is 7.32. The van der Waals surface area contributed by atoms with E-state index in [4.69, 9.17) is 25.8 Å². The zero-order chi connectivity index (χ0) is 19.1. The van der Waals surface area contributed by atoms with Crippen LogP contribution in [0.3, 0.4) is 0 Å². The van der Waals surface area contributed by atoms with Crippen molar-refractivity contribution in [1.82, 2.24) is 4.90 Å². The van der Waals surface area contributed by atoms with Gasteiger partial charge in [-0.15, -0.1) is 0 Å². The van der Waals surface area contributed by atoms with Gasteiger partial charge in [-0.3, -0.25) is 0 Å². The molecule has 0 spiro atoms. The van der Waals surface area contributed by atoms with E-state index in [-0.39, 0.29) is 35.7 Å². The van der Waals surface area contributed by atoms with E-state index < -0.39 is 18.0 Å². The average Bonchev–Trinajstić information content (AvgIpc) is 2.62. The van der Waals surface area contributed by atoms with Crippen molar-refractivity contribution in [3.63, 3.8) is 0 Å². The van der Waals surface area contributed by atoms with Crippen LogP contribution in [0.2, 0.25) is 5.02 Å². The Labute approximate surface area is 156 Å². The van der Waals surface area contributed by atoms with Crippen LogP contribution in [0, 0.1) is 5.82 Å². The van der Waals surface area contributed by atoms with Crippen LogP contribution in [0.1, 0.15) is 26.2 Å². The van der Waals surface area contributed by atoms with E-state index in [1.807, 2.05) is 0 Å². The number of hydrogen-bond acceptors (Lipinski definition) is 5. The number of halogens is 2. The number of likely N-dealkylation sites (tertiary alicyclic amines) is 1. The maximum atomic E-state index is 14.1. The average molecular weight is 389 g/mol. The lowest BCUT2D eigenvalue weighted by molar-refractivity contribution is 0.0338. The van der Waals surface area contributed by atoms with Gasteiger partial charge < -0.3 is 24.4 Å². The first kappa shape index (κ1) is 20.1. The minimum Gasteiger partial charge on any atom is -0.495 e. The molecular formula is C17H22ClFN2O5. The van der Waals surface area contributed by atoms with E-state index in [1.54, 1.807) is 6.92 Å². The largest absolute Gasteiger partial charge is 0.508 e. The Morgan fingerprint density at radius 2 is 2.12 bits per heavy atom. The highest BCUT2D eigenvalue weighted by molar-refractivity contribution is 6.32. The van der Waals surface area contributed by atoms with E-state index in [1.165, 1.54) is 18.1 Å². The van der Waals surface area contributed by atoms with E-state index in [0.29, 0.717) is 13.0 Å². The van der Waals surface area contributed by atoms with Gasteiger partial charge in [0.25, 0.3) is 0 Å². The molecule has 26 heavy (non-hydrogen) atoms. The molecule has 1 saturated heterocycles. The number of hydrogen-bond donors (Lipinski definition) is 1. The zero-order valence-corrected chi connectivity index (χ0v) is 15.5. The van der Waals surface area contributed by atoms with Crippen LogP contribution in [0.25, 0.3) is 0 Å². The maximum Gasteiger partial charge on any atom is 0.508 e. The Bertz CT molecular complexity index is 658. The van der Waals surface area contributed by atoms with Gasteiger partial charge in [0, 0.05) is 12.6 Å². The lowest BCUT2D eigenvalue weighted by Crippen LogP contribution is -2.48. The van der Waals surface area contributed by atoms with Crippen molar-refractivity contribution in [2.75, 3.05) is 32.2 Å². The van der Waals surface area contributed by atoms with Gasteiger partial charge in [-0.05, 0) is 32.3 Å². The molecule has 1 unspecified atom stereocenters. The molecule has 0 aromatic heterocycles. The van der Waals surface area contributed by atoms with Crippen LogP contribution in [0.5, 0.6) is 5.75 Å². The first-order valence-electron chi connectivity index (χ1n) is 8.36. The van der Waals surface area contributed by atoms with Gasteiger partial charge in [-0.25, -0.2) is 14.0 Å². The van der Waals surface area contributed by atoms with Crippen LogP contribution >= 0.6 is 11.6 Å². The van der Waals surface area contributed by atoms with Crippen molar-refractivity contribution in [1.29, 1.82) is 0 Å². The second kappa shape index (κ2) is 9.47. The third kappa shape index (κ3) is 5.14. The summed E-state index contributed by atoms with van der Waals surface area (Å²) in [7, 11) is 1.40. The molecule has 1 aromatic rings. The van der Waals surface area contributed by atoms with Crippen LogP contribution in [-0.4, -0.2) is 50.0 Å². The number of piperidine rings is 1. The molecule has 7 nitrogen and oxygen atoms in total. The number of anilines is 1. The van der Waals surface area contributed by atoms with Crippen molar-refractivity contribution in [3.05, 3.63) is 23.0 Å². The second-order valence-electron chi connectivity index (χ2n) is 5.73. The van der Waals surface area contributed by atoms with Crippen molar-refractivity contribution in [2.24, 2.45) is 0 Å². The van der Waals surface area contributed by atoms with Crippen molar-refractivity contribution >= 4 is 29.5 Å². The highest BCUT2D eigenvalue weighted by atomic mass is 35.5. The number of rotatable bonds is 5. The highest BCUT2D eigenvalue weighted by Gasteiger charge is 2.28. The molecule has 144 valence electrons. The summed E-state index contributed by atoms with van der Waals surface area (Å²) in [5.74, 6) is -0.412. The van der Waals surface area contributed by atoms with Crippen LogP contribution in [-0.2, 0) is 9.47 Å². The number of ether oxygens (including phenoxy) is 3. The van der Waals surface area contributed by atoms with Gasteiger partial charge >= 0.3 is 12.2 Å². The summed E-state index contributed by atoms with van der Waals surface area (Å²) in [4.78, 5) is 25.5. The molecule has 0 radical (unpaired) electrons. The lowest BCUT2D eigenvalue weighted by Gasteiger charge is -2.35. The molecule has 0 bridgehead atoms. The lowest BCUT2D eigenvalue weighted by atomic mass is 10.0. The molecule has 0 aliphatic carbocycles. The fraction of sp³-hybridized carbons (Fsp3) is 0.529. The summed E-state index contributed by atoms with van der Waals surface area (Å²) in [6.45, 7) is 2.40. The van der Waals surface area contributed by atoms with E-state index in [9.17, 15) is 14.0 Å². The summed E-state index contributed by atoms with van der Waals surface area (Å²) in [5.41, 5.74) is -0.0353. The third-order valence-corrected chi connectivity index (χ3v) is 4.32. The Morgan fingerprint density at radius 3 is 2.81 bits per heavy atom. The molecule has 2 amide bonds. The molecular weight excluding hydrogens is 367 g/mol. The number of carbonyl (C=O) groups is 2. The number of nitrogens with zero attached hydrogens (tertiary/aromatic N) is 1. The summed E-state index contributed by atoms with van der Waals surface area (Å²) in [6, 6.07) is 1.62. The van der Waals surface area contributed by atoms with Crippen molar-refractivity contribution < 1.29 is 28.2 Å². The molecule has 1 aliphatic heterocycles. The predicted octanol–water partition coefficient (Wildman–Crippen LogP) is 4.05. The van der Waals surface area contributed by atoms with Gasteiger partial charge in [0.1, 0.15) is 18.2 Å². The number of carbonyl (C=O) groups excluding carboxylic acids is 2. The van der Waals surface area contributed by atoms with Crippen LogP contribution < -0.4 is 10.1 Å². The standard InChI is InChI=1S/C17H22ClFN2O5/c1-3-25-17(23)26-10-11-6-4-5-7-21(11)16(22)20-14-9-15(24-2)12(18)8-13(14)19/h8-9,11H,3-7,10H2,1-2H3,(H,20,22). The molecule has 2 rings (SSSR count). The Balaban J connectivity index is 2.05. The number of urea groups is 1. The second-order valence-corrected chi connectivity index (χ2v) is 6.14. The van der Waals surface area contributed by atoms with Gasteiger partial charge in [-0.2, -0.15) is 0 Å². The van der Waals surface area contributed by atoms with E-state index in [0.717, 1.165) is 18.9 Å². The van der Waals surface area contributed by atoms with Gasteiger partial charge in [0.2, 0.25) is 0 Å². The third-order valence-electron chi connectivity index (χ3n) is 4.03. The number of benzene rings is 1. The molecule has 1 heterocycles. The smallest absolute Gasteiger partial charge is 0.495 e. The maximum absolute atomic E-state index is 14.1. The SMILES string of the molecule is CCOC(=O)OCC1CCCCN1C(=O)Nc1cc(OC)c(Cl)cc1F. The monoisotopic (exact) mass is 388 g/mol. The zero-order valence-electron chi connectivity index (χ0n) is 14.7. The molecule has 1 aromatic carbocycles. The number of amides is 2. The first-order chi connectivity index (χ1) is 12.5. The van der Waals surface area contributed by atoms with E-state index >= 15 is 0 Å². The van der Waals surface area contributed by atoms with Crippen LogP contribution in [0.15, 0.2) is 12.1 Å². The molecule has 9 heteroatoms. The molecule has 1 atom stereocenters. The summed E-state index contributed by atoms with van der Waals surface area (Å²) >= 11 is 5.86. The summed E-state index contributed by atoms with van der Waals surface area (Å²) in [5, 5.41) is 2.64. The first-order valence-corrected chi connectivity index (χ1v) is 8.74. The Hall–Kier alpha value is -2.22. The predicted molar refractivity (Wildman–Crippen MR) is 94.3 cm³/mol. The van der Waals surface area contributed by atoms with Crippen LogP contribution in [0.4, 0.5) is 19.7 Å². The fourth-order valence-corrected chi connectivity index (χ4v) is 2.96. The van der Waals surface area contributed by atoms with Crippen molar-refractivity contribution in [2.45, 2.75) is 32.2 Å². The molecule has 0 saturated carbocycles. The number of nitrogens with one attached hydrogen (secondary N) is 1. The topological polar surface area (TPSA) is 77.1 Å². The van der Waals surface area contributed by atoms with Gasteiger partial charge in [0.15, 0.2) is 0 Å². The van der Waals surface area contributed by atoms with E-state index in [2.05, 4.69) is 5.32 Å². The Morgan fingerprint density at radius 1 is 1.35 bits per heavy atom. The fourth-order valence-electron chi connectivity index (χ4n) is 2.73. The molecule has 1 N–H and O–H groups in total. The van der Waals surface area contributed by atoms with Crippen molar-refractivity contribution in [3.8, 4) is 5.75 Å². The normalized spacial score (nSPS) is 16.8. The molecule has 1 fully saturated rings. The highest BCUT2D eigenvalue weighted by Crippen LogP contribution is 2.30. The minimum atomic E-state index is -0.771. The summed E-state index contributed by atoms with van der Waals surface area (Å²) < 4.78 is 28.9. The van der Waals surface area contributed by atoms with Gasteiger partial charge in [0.05, 0.1) is 30.5 Å². The quantitative estimate of drug-likeness (QED) is 0.770.